The van der Waals surface area contributed by atoms with Crippen molar-refractivity contribution in [1.82, 2.24) is 9.55 Å². The highest BCUT2D eigenvalue weighted by Gasteiger charge is 2.29. The molecule has 2 heterocycles. The second-order valence-corrected chi connectivity index (χ2v) is 8.09. The van der Waals surface area contributed by atoms with Crippen LogP contribution in [0.15, 0.2) is 36.4 Å². The van der Waals surface area contributed by atoms with Gasteiger partial charge in [-0.2, -0.15) is 0 Å². The molecule has 0 N–H and O–H groups in total. The molecule has 152 valence electrons. The molecule has 0 unspecified atom stereocenters. The lowest BCUT2D eigenvalue weighted by atomic mass is 9.97. The van der Waals surface area contributed by atoms with E-state index in [9.17, 15) is 4.79 Å². The number of halogens is 1. The van der Waals surface area contributed by atoms with E-state index >= 15 is 0 Å². The quantitative estimate of drug-likeness (QED) is 0.562. The van der Waals surface area contributed by atoms with Crippen molar-refractivity contribution >= 4 is 34.6 Å². The van der Waals surface area contributed by atoms with Gasteiger partial charge in [0.2, 0.25) is 5.95 Å². The molecule has 3 aromatic rings. The van der Waals surface area contributed by atoms with Crippen LogP contribution in [0.2, 0.25) is 5.02 Å². The molecule has 0 aliphatic carbocycles. The van der Waals surface area contributed by atoms with E-state index in [1.54, 1.807) is 0 Å². The summed E-state index contributed by atoms with van der Waals surface area (Å²) >= 11 is 6.44. The lowest BCUT2D eigenvalue weighted by Gasteiger charge is -2.32. The minimum Gasteiger partial charge on any atom is -0.466 e. The van der Waals surface area contributed by atoms with Crippen LogP contribution in [0.25, 0.3) is 16.7 Å². The number of carbonyl (C=O) groups excluding carboxylic acids is 1. The van der Waals surface area contributed by atoms with Crippen LogP contribution in [0.5, 0.6) is 0 Å². The number of imidazole rings is 1. The number of piperidine rings is 1. The van der Waals surface area contributed by atoms with Crippen LogP contribution in [0, 0.1) is 19.8 Å². The average molecular weight is 412 g/mol. The maximum atomic E-state index is 12.1. The summed E-state index contributed by atoms with van der Waals surface area (Å²) in [4.78, 5) is 19.3. The minimum atomic E-state index is -0.0819. The first-order valence-corrected chi connectivity index (χ1v) is 10.5. The van der Waals surface area contributed by atoms with Gasteiger partial charge in [-0.15, -0.1) is 0 Å². The van der Waals surface area contributed by atoms with Gasteiger partial charge in [0.1, 0.15) is 0 Å². The minimum absolute atomic E-state index is 0.0277. The molecule has 0 amide bonds. The molecule has 6 heteroatoms. The molecule has 0 bridgehead atoms. The summed E-state index contributed by atoms with van der Waals surface area (Å²) in [5.74, 6) is 0.787. The smallest absolute Gasteiger partial charge is 0.309 e. The van der Waals surface area contributed by atoms with E-state index in [1.807, 2.05) is 26.0 Å². The predicted molar refractivity (Wildman–Crippen MR) is 117 cm³/mol. The monoisotopic (exact) mass is 411 g/mol. The van der Waals surface area contributed by atoms with Gasteiger partial charge in [0.15, 0.2) is 0 Å². The van der Waals surface area contributed by atoms with Crippen LogP contribution < -0.4 is 4.90 Å². The van der Waals surface area contributed by atoms with E-state index in [2.05, 4.69) is 40.7 Å². The third-order valence-corrected chi connectivity index (χ3v) is 6.01. The molecular formula is C23H26ClN3O2. The van der Waals surface area contributed by atoms with Crippen LogP contribution in [-0.2, 0) is 9.53 Å². The van der Waals surface area contributed by atoms with E-state index in [0.717, 1.165) is 59.2 Å². The highest BCUT2D eigenvalue weighted by Crippen LogP contribution is 2.33. The fourth-order valence-electron chi connectivity index (χ4n) is 3.93. The number of rotatable bonds is 4. The van der Waals surface area contributed by atoms with Crippen molar-refractivity contribution in [2.24, 2.45) is 5.92 Å². The zero-order chi connectivity index (χ0) is 20.5. The fourth-order valence-corrected chi connectivity index (χ4v) is 4.08. The van der Waals surface area contributed by atoms with Gasteiger partial charge in [0, 0.05) is 23.8 Å². The van der Waals surface area contributed by atoms with Crippen molar-refractivity contribution in [2.45, 2.75) is 33.6 Å². The molecule has 0 radical (unpaired) electrons. The van der Waals surface area contributed by atoms with Gasteiger partial charge >= 0.3 is 5.97 Å². The zero-order valence-corrected chi connectivity index (χ0v) is 17.9. The molecule has 4 rings (SSSR count). The van der Waals surface area contributed by atoms with Crippen molar-refractivity contribution in [3.05, 3.63) is 52.5 Å². The Balaban J connectivity index is 1.73. The molecule has 1 aliphatic heterocycles. The summed E-state index contributed by atoms with van der Waals surface area (Å²) in [7, 11) is 0. The van der Waals surface area contributed by atoms with Gasteiger partial charge in [-0.25, -0.2) is 4.98 Å². The molecule has 5 nitrogen and oxygen atoms in total. The highest BCUT2D eigenvalue weighted by atomic mass is 35.5. The topological polar surface area (TPSA) is 47.4 Å². The molecule has 0 atom stereocenters. The van der Waals surface area contributed by atoms with Gasteiger partial charge in [0.05, 0.1) is 23.6 Å². The van der Waals surface area contributed by atoms with Crippen LogP contribution in [-0.4, -0.2) is 35.2 Å². The van der Waals surface area contributed by atoms with E-state index in [1.165, 1.54) is 5.56 Å². The van der Waals surface area contributed by atoms with Gasteiger partial charge in [-0.1, -0.05) is 29.3 Å². The van der Waals surface area contributed by atoms with Crippen molar-refractivity contribution in [2.75, 3.05) is 24.6 Å². The molecule has 1 aliphatic rings. The normalized spacial score (nSPS) is 15.1. The number of hydrogen-bond donors (Lipinski definition) is 0. The standard InChI is InChI=1S/C23H26ClN3O2/c1-4-29-22(28)17-9-11-26(12-10-17)23-25-20-13-16(3)19(24)14-21(20)27(23)18-7-5-15(2)6-8-18/h5-8,13-14,17H,4,9-12H2,1-3H3. The number of aromatic nitrogens is 2. The molecule has 29 heavy (non-hydrogen) atoms. The first kappa shape index (κ1) is 19.8. The lowest BCUT2D eigenvalue weighted by Crippen LogP contribution is -2.38. The Hall–Kier alpha value is -2.53. The van der Waals surface area contributed by atoms with Crippen molar-refractivity contribution < 1.29 is 9.53 Å². The summed E-state index contributed by atoms with van der Waals surface area (Å²) in [5, 5.41) is 0.735. The number of hydrogen-bond acceptors (Lipinski definition) is 4. The Labute approximate surface area is 176 Å². The first-order valence-electron chi connectivity index (χ1n) is 10.1. The van der Waals surface area contributed by atoms with Gasteiger partial charge in [0.25, 0.3) is 0 Å². The third kappa shape index (κ3) is 3.84. The molecule has 1 fully saturated rings. The fraction of sp³-hybridized carbons (Fsp3) is 0.391. The number of nitrogens with zero attached hydrogens (tertiary/aromatic N) is 3. The number of anilines is 1. The number of aryl methyl sites for hydroxylation is 2. The Kier molecular flexibility index (Phi) is 5.50. The van der Waals surface area contributed by atoms with Crippen molar-refractivity contribution in [3.63, 3.8) is 0 Å². The van der Waals surface area contributed by atoms with Gasteiger partial charge in [-0.3, -0.25) is 9.36 Å². The Morgan fingerprint density at radius 3 is 2.52 bits per heavy atom. The molecule has 1 saturated heterocycles. The van der Waals surface area contributed by atoms with Gasteiger partial charge < -0.3 is 9.64 Å². The van der Waals surface area contributed by atoms with E-state index < -0.39 is 0 Å². The Morgan fingerprint density at radius 1 is 1.17 bits per heavy atom. The van der Waals surface area contributed by atoms with Crippen LogP contribution in [0.3, 0.4) is 0 Å². The molecular weight excluding hydrogens is 386 g/mol. The van der Waals surface area contributed by atoms with Crippen LogP contribution in [0.4, 0.5) is 5.95 Å². The largest absolute Gasteiger partial charge is 0.466 e. The van der Waals surface area contributed by atoms with Crippen molar-refractivity contribution in [1.29, 1.82) is 0 Å². The summed E-state index contributed by atoms with van der Waals surface area (Å²) in [5.41, 5.74) is 5.20. The zero-order valence-electron chi connectivity index (χ0n) is 17.1. The van der Waals surface area contributed by atoms with Crippen LogP contribution in [0.1, 0.15) is 30.9 Å². The summed E-state index contributed by atoms with van der Waals surface area (Å²) in [6, 6.07) is 12.5. The third-order valence-electron chi connectivity index (χ3n) is 5.61. The first-order chi connectivity index (χ1) is 14.0. The lowest BCUT2D eigenvalue weighted by molar-refractivity contribution is -0.148. The molecule has 0 spiro atoms. The summed E-state index contributed by atoms with van der Waals surface area (Å²) < 4.78 is 7.38. The number of carbonyl (C=O) groups is 1. The second kappa shape index (κ2) is 8.07. The van der Waals surface area contributed by atoms with Gasteiger partial charge in [-0.05, 0) is 63.4 Å². The number of esters is 1. The average Bonchev–Trinajstić information content (AvgIpc) is 3.07. The van der Waals surface area contributed by atoms with E-state index in [0.29, 0.717) is 6.61 Å². The maximum Gasteiger partial charge on any atom is 0.309 e. The summed E-state index contributed by atoms with van der Waals surface area (Å²) in [6.45, 7) is 7.90. The number of benzene rings is 2. The summed E-state index contributed by atoms with van der Waals surface area (Å²) in [6.07, 6.45) is 1.55. The predicted octanol–water partition coefficient (Wildman–Crippen LogP) is 5.08. The SMILES string of the molecule is CCOC(=O)C1CCN(c2nc3cc(C)c(Cl)cc3n2-c2ccc(C)cc2)CC1. The second-order valence-electron chi connectivity index (χ2n) is 7.69. The molecule has 0 saturated carbocycles. The van der Waals surface area contributed by atoms with E-state index in [4.69, 9.17) is 21.3 Å². The Bertz CT molecular complexity index is 1030. The molecule has 1 aromatic heterocycles. The number of ether oxygens (including phenoxy) is 1. The number of fused-ring (bicyclic) bond motifs is 1. The molecule has 2 aromatic carbocycles. The van der Waals surface area contributed by atoms with Crippen LogP contribution >= 0.6 is 11.6 Å². The van der Waals surface area contributed by atoms with E-state index in [-0.39, 0.29) is 11.9 Å². The maximum absolute atomic E-state index is 12.1. The van der Waals surface area contributed by atoms with Crippen molar-refractivity contribution in [3.8, 4) is 5.69 Å². The Morgan fingerprint density at radius 2 is 1.86 bits per heavy atom. The highest BCUT2D eigenvalue weighted by molar-refractivity contribution is 6.32.